The Morgan fingerprint density at radius 2 is 2.11 bits per heavy atom. The second kappa shape index (κ2) is 6.15. The number of benzene rings is 1. The third kappa shape index (κ3) is 3.93. The lowest BCUT2D eigenvalue weighted by atomic mass is 10.3. The highest BCUT2D eigenvalue weighted by Crippen LogP contribution is 2.11. The van der Waals surface area contributed by atoms with E-state index in [9.17, 15) is 4.79 Å². The number of anilines is 1. The maximum Gasteiger partial charge on any atom is 0.238 e. The molecule has 0 aliphatic rings. The number of para-hydroxylation sites is 1. The highest BCUT2D eigenvalue weighted by Gasteiger charge is 2.12. The number of nitrogens with zero attached hydrogens (tertiary/aromatic N) is 1. The van der Waals surface area contributed by atoms with E-state index in [1.54, 1.807) is 6.20 Å². The van der Waals surface area contributed by atoms with E-state index in [2.05, 4.69) is 15.6 Å². The van der Waals surface area contributed by atoms with E-state index >= 15 is 0 Å². The Labute approximate surface area is 112 Å². The highest BCUT2D eigenvalue weighted by atomic mass is 16.4. The average Bonchev–Trinajstić information content (AvgIpc) is 2.84. The molecule has 0 fully saturated rings. The van der Waals surface area contributed by atoms with Gasteiger partial charge in [-0.2, -0.15) is 0 Å². The number of rotatable bonds is 5. The highest BCUT2D eigenvalue weighted by molar-refractivity contribution is 5.92. The van der Waals surface area contributed by atoms with Gasteiger partial charge in [0.15, 0.2) is 0 Å². The Morgan fingerprint density at radius 3 is 2.74 bits per heavy atom. The number of nitrogens with one attached hydrogen (secondary N) is 2. The second-order valence-electron chi connectivity index (χ2n) is 4.33. The Kier molecular flexibility index (Phi) is 4.30. The zero-order valence-electron chi connectivity index (χ0n) is 11.0. The lowest BCUT2D eigenvalue weighted by Gasteiger charge is -2.10. The van der Waals surface area contributed by atoms with Gasteiger partial charge >= 0.3 is 0 Å². The molecule has 1 amide bonds. The quantitative estimate of drug-likeness (QED) is 0.864. The normalized spacial score (nSPS) is 12.1. The van der Waals surface area contributed by atoms with Gasteiger partial charge in [0.05, 0.1) is 18.8 Å². The minimum Gasteiger partial charge on any atom is -0.444 e. The summed E-state index contributed by atoms with van der Waals surface area (Å²) in [7, 11) is 0. The second-order valence-corrected chi connectivity index (χ2v) is 4.33. The van der Waals surface area contributed by atoms with Crippen molar-refractivity contribution in [1.29, 1.82) is 0 Å². The average molecular weight is 259 g/mol. The molecule has 0 aliphatic carbocycles. The lowest BCUT2D eigenvalue weighted by Crippen LogP contribution is -2.30. The summed E-state index contributed by atoms with van der Waals surface area (Å²) < 4.78 is 5.39. The van der Waals surface area contributed by atoms with Gasteiger partial charge in [-0.3, -0.25) is 10.1 Å². The standard InChI is InChI=1S/C14H17N3O2/c1-10-8-16-14(19-10)11(2)15-9-13(18)17-12-6-4-3-5-7-12/h3-8,11,15H,9H2,1-2H3,(H,17,18). The number of aromatic nitrogens is 1. The number of oxazole rings is 1. The number of amides is 1. The molecule has 5 nitrogen and oxygen atoms in total. The third-order valence-corrected chi connectivity index (χ3v) is 2.64. The molecule has 100 valence electrons. The molecule has 1 atom stereocenters. The molecular weight excluding hydrogens is 242 g/mol. The van der Waals surface area contributed by atoms with Crippen LogP contribution in [-0.4, -0.2) is 17.4 Å². The summed E-state index contributed by atoms with van der Waals surface area (Å²) in [6.07, 6.45) is 1.66. The van der Waals surface area contributed by atoms with E-state index < -0.39 is 0 Å². The predicted molar refractivity (Wildman–Crippen MR) is 72.7 cm³/mol. The fraction of sp³-hybridized carbons (Fsp3) is 0.286. The maximum absolute atomic E-state index is 11.7. The Morgan fingerprint density at radius 1 is 1.37 bits per heavy atom. The van der Waals surface area contributed by atoms with Crippen LogP contribution in [0.25, 0.3) is 0 Å². The molecule has 1 unspecified atom stereocenters. The smallest absolute Gasteiger partial charge is 0.238 e. The third-order valence-electron chi connectivity index (χ3n) is 2.64. The molecule has 2 aromatic rings. The number of carbonyl (C=O) groups is 1. The van der Waals surface area contributed by atoms with Crippen molar-refractivity contribution in [1.82, 2.24) is 10.3 Å². The zero-order valence-corrected chi connectivity index (χ0v) is 11.0. The largest absolute Gasteiger partial charge is 0.444 e. The molecule has 0 saturated heterocycles. The van der Waals surface area contributed by atoms with Gasteiger partial charge in [0.1, 0.15) is 5.76 Å². The molecule has 19 heavy (non-hydrogen) atoms. The Bertz CT molecular complexity index is 537. The summed E-state index contributed by atoms with van der Waals surface area (Å²) >= 11 is 0. The zero-order chi connectivity index (χ0) is 13.7. The van der Waals surface area contributed by atoms with E-state index in [0.717, 1.165) is 11.4 Å². The monoisotopic (exact) mass is 259 g/mol. The SMILES string of the molecule is Cc1cnc(C(C)NCC(=O)Nc2ccccc2)o1. The first kappa shape index (κ1) is 13.3. The van der Waals surface area contributed by atoms with E-state index in [1.165, 1.54) is 0 Å². The molecule has 5 heteroatoms. The maximum atomic E-state index is 11.7. The van der Waals surface area contributed by atoms with Crippen LogP contribution in [0.1, 0.15) is 24.6 Å². The summed E-state index contributed by atoms with van der Waals surface area (Å²) in [6.45, 7) is 3.95. The molecule has 1 aromatic heterocycles. The van der Waals surface area contributed by atoms with Crippen LogP contribution < -0.4 is 10.6 Å². The molecule has 0 saturated carbocycles. The van der Waals surface area contributed by atoms with Crippen molar-refractivity contribution in [3.63, 3.8) is 0 Å². The van der Waals surface area contributed by atoms with Crippen molar-refractivity contribution >= 4 is 11.6 Å². The van der Waals surface area contributed by atoms with Crippen molar-refractivity contribution < 1.29 is 9.21 Å². The predicted octanol–water partition coefficient (Wildman–Crippen LogP) is 2.27. The van der Waals surface area contributed by atoms with Crippen LogP contribution in [0.4, 0.5) is 5.69 Å². The lowest BCUT2D eigenvalue weighted by molar-refractivity contribution is -0.115. The molecule has 0 spiro atoms. The van der Waals surface area contributed by atoms with E-state index in [1.807, 2.05) is 44.2 Å². The molecule has 1 aromatic carbocycles. The number of hydrogen-bond donors (Lipinski definition) is 2. The van der Waals surface area contributed by atoms with Crippen molar-refractivity contribution in [3.8, 4) is 0 Å². The van der Waals surface area contributed by atoms with Crippen LogP contribution in [0.3, 0.4) is 0 Å². The first-order valence-electron chi connectivity index (χ1n) is 6.16. The van der Waals surface area contributed by atoms with Gasteiger partial charge in [-0.05, 0) is 26.0 Å². The van der Waals surface area contributed by atoms with E-state index in [0.29, 0.717) is 5.89 Å². The Balaban J connectivity index is 1.80. The van der Waals surface area contributed by atoms with Gasteiger partial charge in [0, 0.05) is 5.69 Å². The number of carbonyl (C=O) groups excluding carboxylic acids is 1. The van der Waals surface area contributed by atoms with Crippen molar-refractivity contribution in [2.75, 3.05) is 11.9 Å². The minimum atomic E-state index is -0.102. The topological polar surface area (TPSA) is 67.2 Å². The summed E-state index contributed by atoms with van der Waals surface area (Å²) in [6, 6.07) is 9.25. The van der Waals surface area contributed by atoms with Crippen LogP contribution in [-0.2, 0) is 4.79 Å². The summed E-state index contributed by atoms with van der Waals surface area (Å²) in [5, 5.41) is 5.87. The molecule has 0 bridgehead atoms. The first-order valence-corrected chi connectivity index (χ1v) is 6.16. The fourth-order valence-corrected chi connectivity index (χ4v) is 1.63. The van der Waals surface area contributed by atoms with Gasteiger partial charge < -0.3 is 9.73 Å². The minimum absolute atomic E-state index is 0.0960. The van der Waals surface area contributed by atoms with Gasteiger partial charge in [-0.1, -0.05) is 18.2 Å². The molecule has 2 rings (SSSR count). The summed E-state index contributed by atoms with van der Waals surface area (Å²) in [5.74, 6) is 1.25. The molecule has 0 radical (unpaired) electrons. The van der Waals surface area contributed by atoms with Crippen LogP contribution >= 0.6 is 0 Å². The van der Waals surface area contributed by atoms with Crippen LogP contribution in [0.5, 0.6) is 0 Å². The first-order chi connectivity index (χ1) is 9.15. The van der Waals surface area contributed by atoms with Gasteiger partial charge in [-0.15, -0.1) is 0 Å². The van der Waals surface area contributed by atoms with Crippen molar-refractivity contribution in [3.05, 3.63) is 48.2 Å². The summed E-state index contributed by atoms with van der Waals surface area (Å²) in [5.41, 5.74) is 0.786. The van der Waals surface area contributed by atoms with E-state index in [4.69, 9.17) is 4.42 Å². The summed E-state index contributed by atoms with van der Waals surface area (Å²) in [4.78, 5) is 15.8. The number of aryl methyl sites for hydroxylation is 1. The number of hydrogen-bond acceptors (Lipinski definition) is 4. The fourth-order valence-electron chi connectivity index (χ4n) is 1.63. The molecule has 1 heterocycles. The van der Waals surface area contributed by atoms with Crippen molar-refractivity contribution in [2.45, 2.75) is 19.9 Å². The molecular formula is C14H17N3O2. The van der Waals surface area contributed by atoms with Crippen LogP contribution in [0, 0.1) is 6.92 Å². The van der Waals surface area contributed by atoms with Gasteiger partial charge in [0.25, 0.3) is 0 Å². The van der Waals surface area contributed by atoms with Gasteiger partial charge in [0.2, 0.25) is 11.8 Å². The molecule has 2 N–H and O–H groups in total. The van der Waals surface area contributed by atoms with Crippen molar-refractivity contribution in [2.24, 2.45) is 0 Å². The molecule has 0 aliphatic heterocycles. The van der Waals surface area contributed by atoms with Gasteiger partial charge in [-0.25, -0.2) is 4.98 Å². The van der Waals surface area contributed by atoms with E-state index in [-0.39, 0.29) is 18.5 Å². The Hall–Kier alpha value is -2.14. The van der Waals surface area contributed by atoms with Crippen LogP contribution in [0.2, 0.25) is 0 Å². The van der Waals surface area contributed by atoms with Crippen LogP contribution in [0.15, 0.2) is 40.9 Å².